The van der Waals surface area contributed by atoms with Crippen molar-refractivity contribution in [3.8, 4) is 10.8 Å². The first kappa shape index (κ1) is 13.7. The van der Waals surface area contributed by atoms with E-state index in [1.54, 1.807) is 18.4 Å². The molecule has 5 nitrogen and oxygen atoms in total. The molecule has 1 aliphatic heterocycles. The minimum absolute atomic E-state index is 0.498. The van der Waals surface area contributed by atoms with Crippen molar-refractivity contribution in [3.63, 3.8) is 0 Å². The van der Waals surface area contributed by atoms with E-state index in [-0.39, 0.29) is 0 Å². The van der Waals surface area contributed by atoms with E-state index in [1.165, 1.54) is 10.4 Å². The second-order valence-corrected chi connectivity index (χ2v) is 6.21. The van der Waals surface area contributed by atoms with Crippen LogP contribution in [0.3, 0.4) is 0 Å². The highest BCUT2D eigenvalue weighted by atomic mass is 32.1. The highest BCUT2D eigenvalue weighted by Gasteiger charge is 2.30. The second-order valence-electron chi connectivity index (χ2n) is 5.07. The summed E-state index contributed by atoms with van der Waals surface area (Å²) in [6.07, 6.45) is 1.75. The SMILES string of the molecule is CC[C@](C)(OC)c1noc(-c2cc3c(s2)CCOC3)n1. The van der Waals surface area contributed by atoms with Gasteiger partial charge < -0.3 is 14.0 Å². The van der Waals surface area contributed by atoms with E-state index >= 15 is 0 Å². The quantitative estimate of drug-likeness (QED) is 0.867. The molecule has 3 heterocycles. The van der Waals surface area contributed by atoms with Gasteiger partial charge in [0.25, 0.3) is 5.89 Å². The van der Waals surface area contributed by atoms with E-state index in [4.69, 9.17) is 14.0 Å². The molecule has 0 bridgehead atoms. The molecule has 20 heavy (non-hydrogen) atoms. The van der Waals surface area contributed by atoms with Gasteiger partial charge in [0.2, 0.25) is 5.82 Å². The maximum atomic E-state index is 5.50. The largest absolute Gasteiger partial charge is 0.376 e. The van der Waals surface area contributed by atoms with Gasteiger partial charge in [-0.3, -0.25) is 0 Å². The normalized spacial score (nSPS) is 17.8. The van der Waals surface area contributed by atoms with Crippen LogP contribution in [0.15, 0.2) is 10.6 Å². The lowest BCUT2D eigenvalue weighted by atomic mass is 10.0. The molecule has 0 amide bonds. The maximum absolute atomic E-state index is 5.50. The highest BCUT2D eigenvalue weighted by Crippen LogP contribution is 2.35. The summed E-state index contributed by atoms with van der Waals surface area (Å²) in [7, 11) is 1.67. The smallest absolute Gasteiger partial charge is 0.268 e. The average Bonchev–Trinajstić information content (AvgIpc) is 3.12. The summed E-state index contributed by atoms with van der Waals surface area (Å²) in [6, 6.07) is 2.09. The third kappa shape index (κ3) is 2.28. The second kappa shape index (κ2) is 5.27. The Labute approximate surface area is 121 Å². The van der Waals surface area contributed by atoms with Gasteiger partial charge in [0.05, 0.1) is 18.1 Å². The van der Waals surface area contributed by atoms with Gasteiger partial charge in [0, 0.05) is 18.4 Å². The summed E-state index contributed by atoms with van der Waals surface area (Å²) in [5, 5.41) is 4.08. The Morgan fingerprint density at radius 2 is 2.35 bits per heavy atom. The minimum Gasteiger partial charge on any atom is -0.376 e. The predicted octanol–water partition coefficient (Wildman–Crippen LogP) is 3.14. The molecule has 2 aromatic rings. The number of hydrogen-bond donors (Lipinski definition) is 0. The molecule has 0 unspecified atom stereocenters. The first-order valence-electron chi connectivity index (χ1n) is 6.75. The molecule has 1 aliphatic rings. The van der Waals surface area contributed by atoms with Crippen LogP contribution in [0.2, 0.25) is 0 Å². The Balaban J connectivity index is 1.92. The first-order valence-corrected chi connectivity index (χ1v) is 7.57. The molecule has 0 spiro atoms. The fraction of sp³-hybridized carbons (Fsp3) is 0.571. The number of fused-ring (bicyclic) bond motifs is 1. The summed E-state index contributed by atoms with van der Waals surface area (Å²) in [5.41, 5.74) is 0.739. The molecule has 6 heteroatoms. The molecule has 0 saturated heterocycles. The van der Waals surface area contributed by atoms with Crippen LogP contribution in [0.1, 0.15) is 36.5 Å². The van der Waals surface area contributed by atoms with Gasteiger partial charge in [-0.15, -0.1) is 11.3 Å². The number of aromatic nitrogens is 2. The fourth-order valence-corrected chi connectivity index (χ4v) is 3.26. The molecule has 108 valence electrons. The standard InChI is InChI=1S/C14H18N2O3S/c1-4-14(2,17-3)13-15-12(19-16-13)11-7-9-8-18-6-5-10(9)20-11/h7H,4-6,8H2,1-3H3/t14-/m0/s1. The van der Waals surface area contributed by atoms with Crippen LogP contribution in [0.4, 0.5) is 0 Å². The molecule has 3 rings (SSSR count). The summed E-state index contributed by atoms with van der Waals surface area (Å²) < 4.78 is 16.4. The Kier molecular flexibility index (Phi) is 3.62. The topological polar surface area (TPSA) is 57.4 Å². The van der Waals surface area contributed by atoms with Crippen molar-refractivity contribution in [2.45, 2.75) is 38.9 Å². The van der Waals surface area contributed by atoms with Crippen LogP contribution in [0.25, 0.3) is 10.8 Å². The molecule has 0 radical (unpaired) electrons. The Morgan fingerprint density at radius 3 is 3.05 bits per heavy atom. The zero-order valence-corrected chi connectivity index (χ0v) is 12.7. The van der Waals surface area contributed by atoms with E-state index in [2.05, 4.69) is 16.2 Å². The third-order valence-corrected chi connectivity index (χ3v) is 5.09. The molecule has 0 fully saturated rings. The molecular formula is C14H18N2O3S. The third-order valence-electron chi connectivity index (χ3n) is 3.86. The van der Waals surface area contributed by atoms with Crippen molar-refractivity contribution in [2.75, 3.05) is 13.7 Å². The molecule has 1 atom stereocenters. The predicted molar refractivity (Wildman–Crippen MR) is 75.6 cm³/mol. The van der Waals surface area contributed by atoms with E-state index in [9.17, 15) is 0 Å². The van der Waals surface area contributed by atoms with E-state index in [0.717, 1.165) is 24.3 Å². The summed E-state index contributed by atoms with van der Waals surface area (Å²) in [5.74, 6) is 1.16. The number of ether oxygens (including phenoxy) is 2. The van der Waals surface area contributed by atoms with Gasteiger partial charge in [0.1, 0.15) is 5.60 Å². The molecule has 0 N–H and O–H groups in total. The van der Waals surface area contributed by atoms with Crippen molar-refractivity contribution in [1.82, 2.24) is 10.1 Å². The van der Waals surface area contributed by atoms with Crippen LogP contribution in [-0.4, -0.2) is 23.9 Å². The number of hydrogen-bond acceptors (Lipinski definition) is 6. The molecule has 0 aliphatic carbocycles. The zero-order chi connectivity index (χ0) is 14.2. The van der Waals surface area contributed by atoms with E-state index in [1.807, 2.05) is 13.8 Å². The molecule has 2 aromatic heterocycles. The van der Waals surface area contributed by atoms with Gasteiger partial charge >= 0.3 is 0 Å². The van der Waals surface area contributed by atoms with Crippen LogP contribution < -0.4 is 0 Å². The Bertz CT molecular complexity index is 578. The lowest BCUT2D eigenvalue weighted by molar-refractivity contribution is -0.0106. The van der Waals surface area contributed by atoms with Crippen molar-refractivity contribution >= 4 is 11.3 Å². The number of nitrogens with zero attached hydrogens (tertiary/aromatic N) is 2. The van der Waals surface area contributed by atoms with Crippen LogP contribution in [0.5, 0.6) is 0 Å². The van der Waals surface area contributed by atoms with E-state index < -0.39 is 5.60 Å². The molecule has 0 aromatic carbocycles. The molecule has 0 saturated carbocycles. The number of thiophene rings is 1. The monoisotopic (exact) mass is 294 g/mol. The van der Waals surface area contributed by atoms with Crippen LogP contribution in [0, 0.1) is 0 Å². The van der Waals surface area contributed by atoms with Crippen molar-refractivity contribution in [2.24, 2.45) is 0 Å². The summed E-state index contributed by atoms with van der Waals surface area (Å²) in [6.45, 7) is 5.48. The molecular weight excluding hydrogens is 276 g/mol. The van der Waals surface area contributed by atoms with Crippen LogP contribution in [-0.2, 0) is 28.1 Å². The Hall–Kier alpha value is -1.24. The number of rotatable bonds is 4. The maximum Gasteiger partial charge on any atom is 0.268 e. The average molecular weight is 294 g/mol. The summed E-state index contributed by atoms with van der Waals surface area (Å²) >= 11 is 1.71. The number of methoxy groups -OCH3 is 1. The van der Waals surface area contributed by atoms with E-state index in [0.29, 0.717) is 18.3 Å². The summed E-state index contributed by atoms with van der Waals surface area (Å²) in [4.78, 5) is 6.87. The van der Waals surface area contributed by atoms with Gasteiger partial charge in [-0.05, 0) is 25.0 Å². The lowest BCUT2D eigenvalue weighted by Crippen LogP contribution is -2.24. The van der Waals surface area contributed by atoms with Gasteiger partial charge in [-0.1, -0.05) is 12.1 Å². The lowest BCUT2D eigenvalue weighted by Gasteiger charge is -2.21. The van der Waals surface area contributed by atoms with Crippen molar-refractivity contribution in [1.29, 1.82) is 0 Å². The first-order chi connectivity index (χ1) is 9.66. The van der Waals surface area contributed by atoms with Crippen molar-refractivity contribution < 1.29 is 14.0 Å². The minimum atomic E-state index is -0.498. The Morgan fingerprint density at radius 1 is 1.50 bits per heavy atom. The van der Waals surface area contributed by atoms with Gasteiger partial charge in [-0.2, -0.15) is 4.98 Å². The highest BCUT2D eigenvalue weighted by molar-refractivity contribution is 7.15. The van der Waals surface area contributed by atoms with Gasteiger partial charge in [-0.25, -0.2) is 0 Å². The zero-order valence-electron chi connectivity index (χ0n) is 11.9. The van der Waals surface area contributed by atoms with Crippen molar-refractivity contribution in [3.05, 3.63) is 22.3 Å². The van der Waals surface area contributed by atoms with Gasteiger partial charge in [0.15, 0.2) is 0 Å². The van der Waals surface area contributed by atoms with Crippen LogP contribution >= 0.6 is 11.3 Å². The fourth-order valence-electron chi connectivity index (χ4n) is 2.18.